The number of hydrogen-bond donors (Lipinski definition) is 0. The number of rotatable bonds is 4. The summed E-state index contributed by atoms with van der Waals surface area (Å²) in [6.07, 6.45) is 0.162. The number of carbonyl (C=O) groups is 1. The molecular weight excluding hydrogens is 302 g/mol. The summed E-state index contributed by atoms with van der Waals surface area (Å²) in [5, 5.41) is 5.41. The molecule has 0 unspecified atom stereocenters. The van der Waals surface area contributed by atoms with Crippen LogP contribution in [0, 0.1) is 6.92 Å². The standard InChI is InChI=1S/C15H15N3O3S/c1-9-12(8-13(19)21-3)18-15(16-9)22-14(17-18)10-4-6-11(20-2)7-5-10/h4-7H,8H2,1-3H3. The number of benzene rings is 1. The van der Waals surface area contributed by atoms with Gasteiger partial charge in [-0.05, 0) is 31.2 Å². The van der Waals surface area contributed by atoms with Gasteiger partial charge in [0.25, 0.3) is 0 Å². The Morgan fingerprint density at radius 2 is 2.00 bits per heavy atom. The number of fused-ring (bicyclic) bond motifs is 1. The number of esters is 1. The third kappa shape index (κ3) is 2.55. The summed E-state index contributed by atoms with van der Waals surface area (Å²) in [5.74, 6) is 0.496. The molecule has 0 bridgehead atoms. The number of ether oxygens (including phenoxy) is 2. The lowest BCUT2D eigenvalue weighted by molar-refractivity contribution is -0.139. The van der Waals surface area contributed by atoms with Gasteiger partial charge in [0, 0.05) is 5.56 Å². The second kappa shape index (κ2) is 5.76. The van der Waals surface area contributed by atoms with E-state index in [0.717, 1.165) is 32.7 Å². The first-order valence-electron chi connectivity index (χ1n) is 6.68. The predicted molar refractivity (Wildman–Crippen MR) is 83.3 cm³/mol. The van der Waals surface area contributed by atoms with Gasteiger partial charge in [-0.2, -0.15) is 5.10 Å². The molecule has 0 saturated heterocycles. The molecule has 114 valence electrons. The van der Waals surface area contributed by atoms with E-state index in [1.807, 2.05) is 31.2 Å². The monoisotopic (exact) mass is 317 g/mol. The second-order valence-corrected chi connectivity index (χ2v) is 5.68. The highest BCUT2D eigenvalue weighted by Gasteiger charge is 2.17. The van der Waals surface area contributed by atoms with Crippen LogP contribution < -0.4 is 4.74 Å². The van der Waals surface area contributed by atoms with Crippen molar-refractivity contribution in [3.05, 3.63) is 35.7 Å². The summed E-state index contributed by atoms with van der Waals surface area (Å²) >= 11 is 1.48. The average molecular weight is 317 g/mol. The zero-order chi connectivity index (χ0) is 15.7. The van der Waals surface area contributed by atoms with Crippen LogP contribution >= 0.6 is 11.3 Å². The number of nitrogens with zero attached hydrogens (tertiary/aromatic N) is 3. The summed E-state index contributed by atoms with van der Waals surface area (Å²) in [5.41, 5.74) is 2.54. The third-order valence-corrected chi connectivity index (χ3v) is 4.33. The van der Waals surface area contributed by atoms with E-state index >= 15 is 0 Å². The molecule has 2 heterocycles. The largest absolute Gasteiger partial charge is 0.497 e. The molecule has 0 aliphatic heterocycles. The molecule has 0 aliphatic rings. The van der Waals surface area contributed by atoms with E-state index in [9.17, 15) is 4.79 Å². The summed E-state index contributed by atoms with van der Waals surface area (Å²) in [4.78, 5) is 16.8. The lowest BCUT2D eigenvalue weighted by Crippen LogP contribution is -2.08. The third-order valence-electron chi connectivity index (χ3n) is 3.37. The van der Waals surface area contributed by atoms with Gasteiger partial charge in [0.15, 0.2) is 0 Å². The highest BCUT2D eigenvalue weighted by atomic mass is 32.1. The quantitative estimate of drug-likeness (QED) is 0.692. The Balaban J connectivity index is 2.00. The van der Waals surface area contributed by atoms with Gasteiger partial charge in [-0.1, -0.05) is 11.3 Å². The van der Waals surface area contributed by atoms with Crippen LogP contribution in [0.2, 0.25) is 0 Å². The van der Waals surface area contributed by atoms with Crippen LogP contribution in [0.25, 0.3) is 15.5 Å². The summed E-state index contributed by atoms with van der Waals surface area (Å²) in [6.45, 7) is 1.87. The maximum absolute atomic E-state index is 11.5. The van der Waals surface area contributed by atoms with E-state index in [4.69, 9.17) is 9.47 Å². The minimum absolute atomic E-state index is 0.162. The fourth-order valence-corrected chi connectivity index (χ4v) is 3.12. The van der Waals surface area contributed by atoms with Gasteiger partial charge in [-0.15, -0.1) is 0 Å². The van der Waals surface area contributed by atoms with Crippen molar-refractivity contribution in [3.63, 3.8) is 0 Å². The zero-order valence-electron chi connectivity index (χ0n) is 12.5. The topological polar surface area (TPSA) is 65.7 Å². The number of imidazole rings is 1. The average Bonchev–Trinajstić information content (AvgIpc) is 3.06. The van der Waals surface area contributed by atoms with Crippen molar-refractivity contribution in [3.8, 4) is 16.3 Å². The summed E-state index contributed by atoms with van der Waals surface area (Å²) in [7, 11) is 3.01. The SMILES string of the molecule is COC(=O)Cc1c(C)nc2sc(-c3ccc(OC)cc3)nn12. The maximum atomic E-state index is 11.5. The minimum atomic E-state index is -0.302. The highest BCUT2D eigenvalue weighted by molar-refractivity contribution is 7.19. The number of hydrogen-bond acceptors (Lipinski definition) is 6. The first-order valence-corrected chi connectivity index (χ1v) is 7.50. The number of aryl methyl sites for hydroxylation is 1. The highest BCUT2D eigenvalue weighted by Crippen LogP contribution is 2.28. The first-order chi connectivity index (χ1) is 10.6. The Kier molecular flexibility index (Phi) is 3.81. The van der Waals surface area contributed by atoms with Crippen LogP contribution in [0.5, 0.6) is 5.75 Å². The molecule has 0 N–H and O–H groups in total. The summed E-state index contributed by atoms with van der Waals surface area (Å²) in [6, 6.07) is 7.67. The van der Waals surface area contributed by atoms with Crippen molar-refractivity contribution in [1.82, 2.24) is 14.6 Å². The van der Waals surface area contributed by atoms with Crippen molar-refractivity contribution in [2.45, 2.75) is 13.3 Å². The number of carbonyl (C=O) groups excluding carboxylic acids is 1. The lowest BCUT2D eigenvalue weighted by Gasteiger charge is -2.00. The molecule has 0 atom stereocenters. The van der Waals surface area contributed by atoms with Crippen molar-refractivity contribution < 1.29 is 14.3 Å². The van der Waals surface area contributed by atoms with E-state index in [1.165, 1.54) is 18.4 Å². The van der Waals surface area contributed by atoms with Crippen molar-refractivity contribution in [1.29, 1.82) is 0 Å². The van der Waals surface area contributed by atoms with Gasteiger partial charge in [0.05, 0.1) is 32.0 Å². The lowest BCUT2D eigenvalue weighted by atomic mass is 10.2. The van der Waals surface area contributed by atoms with Gasteiger partial charge in [-0.3, -0.25) is 4.79 Å². The molecule has 22 heavy (non-hydrogen) atoms. The van der Waals surface area contributed by atoms with E-state index in [0.29, 0.717) is 0 Å². The van der Waals surface area contributed by atoms with Gasteiger partial charge >= 0.3 is 5.97 Å². The van der Waals surface area contributed by atoms with Gasteiger partial charge in [-0.25, -0.2) is 9.50 Å². The molecule has 2 aromatic heterocycles. The Morgan fingerprint density at radius 1 is 1.27 bits per heavy atom. The molecule has 0 fully saturated rings. The fourth-order valence-electron chi connectivity index (χ4n) is 2.15. The van der Waals surface area contributed by atoms with Crippen LogP contribution in [-0.2, 0) is 16.0 Å². The second-order valence-electron chi connectivity index (χ2n) is 4.73. The van der Waals surface area contributed by atoms with Crippen LogP contribution in [0.1, 0.15) is 11.4 Å². The number of methoxy groups -OCH3 is 2. The molecule has 1 aromatic carbocycles. The van der Waals surface area contributed by atoms with Crippen molar-refractivity contribution >= 4 is 22.3 Å². The van der Waals surface area contributed by atoms with Gasteiger partial charge < -0.3 is 9.47 Å². The normalized spacial score (nSPS) is 10.9. The van der Waals surface area contributed by atoms with Crippen molar-refractivity contribution in [2.24, 2.45) is 0 Å². The van der Waals surface area contributed by atoms with Gasteiger partial charge in [0.1, 0.15) is 10.8 Å². The molecule has 3 rings (SSSR count). The Hall–Kier alpha value is -2.41. The number of aromatic nitrogens is 3. The summed E-state index contributed by atoms with van der Waals surface area (Å²) < 4.78 is 11.6. The molecule has 7 heteroatoms. The molecule has 0 spiro atoms. The van der Waals surface area contributed by atoms with E-state index in [-0.39, 0.29) is 12.4 Å². The molecule has 6 nitrogen and oxygen atoms in total. The first kappa shape index (κ1) is 14.5. The Morgan fingerprint density at radius 3 is 2.64 bits per heavy atom. The van der Waals surface area contributed by atoms with Crippen LogP contribution in [0.3, 0.4) is 0 Å². The van der Waals surface area contributed by atoms with E-state index < -0.39 is 0 Å². The smallest absolute Gasteiger partial charge is 0.311 e. The van der Waals surface area contributed by atoms with Crippen LogP contribution in [0.4, 0.5) is 0 Å². The van der Waals surface area contributed by atoms with Crippen LogP contribution in [-0.4, -0.2) is 34.8 Å². The van der Waals surface area contributed by atoms with Crippen molar-refractivity contribution in [2.75, 3.05) is 14.2 Å². The fraction of sp³-hybridized carbons (Fsp3) is 0.267. The minimum Gasteiger partial charge on any atom is -0.497 e. The molecular formula is C15H15N3O3S. The molecule has 0 aliphatic carbocycles. The molecule has 0 saturated carbocycles. The Labute approximate surface area is 131 Å². The maximum Gasteiger partial charge on any atom is 0.311 e. The Bertz CT molecular complexity index is 821. The zero-order valence-corrected chi connectivity index (χ0v) is 13.3. The van der Waals surface area contributed by atoms with Crippen LogP contribution in [0.15, 0.2) is 24.3 Å². The predicted octanol–water partition coefficient (Wildman–Crippen LogP) is 2.49. The molecule has 3 aromatic rings. The van der Waals surface area contributed by atoms with Gasteiger partial charge in [0.2, 0.25) is 4.96 Å². The molecule has 0 amide bonds. The molecule has 0 radical (unpaired) electrons. The van der Waals surface area contributed by atoms with E-state index in [2.05, 4.69) is 10.1 Å². The van der Waals surface area contributed by atoms with E-state index in [1.54, 1.807) is 11.6 Å².